The van der Waals surface area contributed by atoms with Crippen molar-refractivity contribution in [2.75, 3.05) is 19.5 Å². The van der Waals surface area contributed by atoms with Gasteiger partial charge in [0.15, 0.2) is 31.8 Å². The number of aromatic nitrogens is 4. The summed E-state index contributed by atoms with van der Waals surface area (Å²) >= 11 is 0. The number of anilines is 1. The van der Waals surface area contributed by atoms with Gasteiger partial charge in [-0.1, -0.05) is 45.9 Å². The molecule has 3 N–H and O–H groups in total. The van der Waals surface area contributed by atoms with Crippen LogP contribution in [0.2, 0.25) is 18.1 Å². The third kappa shape index (κ3) is 7.60. The van der Waals surface area contributed by atoms with Crippen LogP contribution in [0.3, 0.4) is 0 Å². The molecule has 250 valence electrons. The van der Waals surface area contributed by atoms with Crippen LogP contribution in [0.5, 0.6) is 0 Å². The summed E-state index contributed by atoms with van der Waals surface area (Å²) in [6.07, 6.45) is 0.00155. The SMILES string of the molecule is COC(=O)c1ccccc1C(=O)CCC(=O)NS(=O)(=O)OC[C@H]1O[C@@H](n2cnc3c(N)ncnc32)C(O[Si](C)(C)C(C)(C)C)[C@@H]1C. The first-order valence-corrected chi connectivity index (χ1v) is 18.9. The van der Waals surface area contributed by atoms with Gasteiger partial charge in [-0.2, -0.15) is 8.42 Å². The van der Waals surface area contributed by atoms with Crippen LogP contribution in [-0.2, 0) is 33.2 Å². The van der Waals surface area contributed by atoms with Gasteiger partial charge in [-0.25, -0.2) is 24.5 Å². The fraction of sp³-hybridized carbons (Fsp3) is 0.517. The number of rotatable bonds is 12. The van der Waals surface area contributed by atoms with E-state index in [0.29, 0.717) is 11.2 Å². The van der Waals surface area contributed by atoms with Crippen molar-refractivity contribution in [2.45, 2.75) is 77.1 Å². The Morgan fingerprint density at radius 2 is 1.76 bits per heavy atom. The molecule has 0 spiro atoms. The number of fused-ring (bicyclic) bond motifs is 1. The van der Waals surface area contributed by atoms with E-state index in [-0.39, 0.29) is 34.3 Å². The highest BCUT2D eigenvalue weighted by atomic mass is 32.2. The maximum absolute atomic E-state index is 12.7. The Morgan fingerprint density at radius 1 is 1.09 bits per heavy atom. The van der Waals surface area contributed by atoms with Gasteiger partial charge in [0.05, 0.1) is 37.8 Å². The molecule has 1 aliphatic heterocycles. The smallest absolute Gasteiger partial charge is 0.362 e. The molecule has 0 saturated carbocycles. The van der Waals surface area contributed by atoms with Gasteiger partial charge in [0.25, 0.3) is 0 Å². The Balaban J connectivity index is 1.44. The van der Waals surface area contributed by atoms with E-state index in [1.54, 1.807) is 16.7 Å². The van der Waals surface area contributed by atoms with Crippen LogP contribution in [0, 0.1) is 5.92 Å². The van der Waals surface area contributed by atoms with Gasteiger partial charge in [-0.3, -0.25) is 18.3 Å². The molecule has 17 heteroatoms. The standard InChI is InChI=1S/C29H40N6O9SSi/c1-17-21(14-42-45(39,40)34-22(37)13-12-20(36)18-10-8-9-11-19(18)28(38)41-5)43-27(24(17)44-46(6,7)29(2,3)4)35-16-33-23-25(30)31-15-32-26(23)35/h8-11,15-17,21,24,27H,12-14H2,1-7H3,(H,34,37)(H2,30,31,32)/t17-,21-,24?,27-/m1/s1. The van der Waals surface area contributed by atoms with Crippen LogP contribution in [-0.4, -0.2) is 79.8 Å². The molecule has 46 heavy (non-hydrogen) atoms. The molecule has 0 bridgehead atoms. The van der Waals surface area contributed by atoms with Gasteiger partial charge in [0.1, 0.15) is 11.8 Å². The average molecular weight is 677 g/mol. The molecule has 3 heterocycles. The number of imidazole rings is 1. The number of amides is 1. The summed E-state index contributed by atoms with van der Waals surface area (Å²) in [6, 6.07) is 5.99. The van der Waals surface area contributed by atoms with E-state index in [0.717, 1.165) is 0 Å². The number of nitrogens with zero attached hydrogens (tertiary/aromatic N) is 4. The number of carbonyl (C=O) groups excluding carboxylic acids is 3. The first kappa shape index (κ1) is 35.1. The highest BCUT2D eigenvalue weighted by Gasteiger charge is 2.50. The maximum atomic E-state index is 12.7. The zero-order valence-electron chi connectivity index (χ0n) is 26.8. The number of Topliss-reactive ketones (excluding diaryl/α,β-unsaturated/α-hetero) is 1. The Morgan fingerprint density at radius 3 is 2.41 bits per heavy atom. The summed E-state index contributed by atoms with van der Waals surface area (Å²) in [6.45, 7) is 12.0. The summed E-state index contributed by atoms with van der Waals surface area (Å²) in [7, 11) is -5.74. The minimum absolute atomic E-state index is 0.0470. The highest BCUT2D eigenvalue weighted by Crippen LogP contribution is 2.44. The van der Waals surface area contributed by atoms with Gasteiger partial charge >= 0.3 is 16.3 Å². The molecule has 1 fully saturated rings. The number of hydrogen-bond donors (Lipinski definition) is 2. The second-order valence-corrected chi connectivity index (χ2v) is 18.7. The number of hydrogen-bond acceptors (Lipinski definition) is 13. The number of methoxy groups -OCH3 is 1. The summed E-state index contributed by atoms with van der Waals surface area (Å²) < 4.78 is 52.0. The molecule has 2 aromatic heterocycles. The highest BCUT2D eigenvalue weighted by molar-refractivity contribution is 7.85. The van der Waals surface area contributed by atoms with E-state index in [2.05, 4.69) is 48.8 Å². The molecular weight excluding hydrogens is 637 g/mol. The van der Waals surface area contributed by atoms with Crippen LogP contribution in [0.15, 0.2) is 36.9 Å². The molecule has 1 aliphatic rings. The Kier molecular flexibility index (Phi) is 10.3. The lowest BCUT2D eigenvalue weighted by molar-refractivity contribution is -0.119. The zero-order valence-corrected chi connectivity index (χ0v) is 28.7. The van der Waals surface area contributed by atoms with E-state index >= 15 is 0 Å². The number of nitrogens with one attached hydrogen (secondary N) is 1. The van der Waals surface area contributed by atoms with Gasteiger partial charge < -0.3 is 19.6 Å². The summed E-state index contributed by atoms with van der Waals surface area (Å²) in [5.41, 5.74) is 6.93. The zero-order chi connectivity index (χ0) is 34.0. The number of ether oxygens (including phenoxy) is 2. The van der Waals surface area contributed by atoms with E-state index < -0.39 is 67.7 Å². The first-order valence-electron chi connectivity index (χ1n) is 14.6. The second kappa shape index (κ2) is 13.5. The predicted octanol–water partition coefficient (Wildman–Crippen LogP) is 3.16. The van der Waals surface area contributed by atoms with Crippen molar-refractivity contribution in [1.82, 2.24) is 24.2 Å². The molecule has 1 amide bonds. The number of nitrogen functional groups attached to an aromatic ring is 1. The molecule has 4 atom stereocenters. The van der Waals surface area contributed by atoms with Crippen molar-refractivity contribution in [2.24, 2.45) is 5.92 Å². The fourth-order valence-corrected chi connectivity index (χ4v) is 6.88. The molecular formula is C29H40N6O9SSi. The Labute approximate surface area is 268 Å². The number of ketones is 1. The summed E-state index contributed by atoms with van der Waals surface area (Å²) in [4.78, 5) is 49.8. The maximum Gasteiger partial charge on any atom is 0.362 e. The predicted molar refractivity (Wildman–Crippen MR) is 169 cm³/mol. The van der Waals surface area contributed by atoms with E-state index in [1.807, 2.05) is 11.6 Å². The Bertz CT molecular complexity index is 1720. The molecule has 1 aromatic carbocycles. The van der Waals surface area contributed by atoms with E-state index in [1.165, 1.54) is 31.9 Å². The lowest BCUT2D eigenvalue weighted by Gasteiger charge is -2.40. The summed E-state index contributed by atoms with van der Waals surface area (Å²) in [5, 5.41) is -0.133. The molecule has 1 unspecified atom stereocenters. The lowest BCUT2D eigenvalue weighted by atomic mass is 10.0. The molecule has 3 aromatic rings. The average Bonchev–Trinajstić information content (AvgIpc) is 3.55. The quantitative estimate of drug-likeness (QED) is 0.161. The van der Waals surface area contributed by atoms with Crippen molar-refractivity contribution in [3.63, 3.8) is 0 Å². The molecule has 4 rings (SSSR count). The topological polar surface area (TPSA) is 204 Å². The largest absolute Gasteiger partial charge is 0.465 e. The van der Waals surface area contributed by atoms with Crippen LogP contribution in [0.4, 0.5) is 5.82 Å². The molecule has 1 saturated heterocycles. The summed E-state index contributed by atoms with van der Waals surface area (Å²) in [5.74, 6) is -2.34. The third-order valence-corrected chi connectivity index (χ3v) is 13.8. The monoisotopic (exact) mass is 676 g/mol. The Hall–Kier alpha value is -3.77. The van der Waals surface area contributed by atoms with Gasteiger partial charge in [0.2, 0.25) is 5.91 Å². The lowest BCUT2D eigenvalue weighted by Crippen LogP contribution is -2.47. The van der Waals surface area contributed by atoms with Crippen LogP contribution >= 0.6 is 0 Å². The fourth-order valence-electron chi connectivity index (χ4n) is 4.76. The molecule has 0 radical (unpaired) electrons. The van der Waals surface area contributed by atoms with Gasteiger partial charge in [-0.05, 0) is 24.2 Å². The second-order valence-electron chi connectivity index (χ2n) is 12.6. The van der Waals surface area contributed by atoms with Crippen molar-refractivity contribution < 1.29 is 40.9 Å². The number of esters is 1. The van der Waals surface area contributed by atoms with Gasteiger partial charge in [0, 0.05) is 24.3 Å². The minimum Gasteiger partial charge on any atom is -0.465 e. The van der Waals surface area contributed by atoms with Crippen molar-refractivity contribution in [3.05, 3.63) is 48.0 Å². The number of benzene rings is 1. The van der Waals surface area contributed by atoms with E-state index in [9.17, 15) is 22.8 Å². The molecule has 0 aliphatic carbocycles. The first-order chi connectivity index (χ1) is 21.5. The number of nitrogens with two attached hydrogens (primary N) is 1. The normalized spacial score (nSPS) is 20.5. The molecule has 15 nitrogen and oxygen atoms in total. The third-order valence-electron chi connectivity index (χ3n) is 8.44. The van der Waals surface area contributed by atoms with Crippen molar-refractivity contribution in [1.29, 1.82) is 0 Å². The van der Waals surface area contributed by atoms with E-state index in [4.69, 9.17) is 23.8 Å². The van der Waals surface area contributed by atoms with Gasteiger partial charge in [-0.15, -0.1) is 0 Å². The van der Waals surface area contributed by atoms with Crippen molar-refractivity contribution in [3.8, 4) is 0 Å². The van der Waals surface area contributed by atoms with Crippen LogP contribution in [0.1, 0.15) is 67.5 Å². The van der Waals surface area contributed by atoms with Crippen LogP contribution < -0.4 is 10.5 Å². The number of carbonyl (C=O) groups is 3. The minimum atomic E-state index is -4.57. The van der Waals surface area contributed by atoms with Crippen molar-refractivity contribution >= 4 is 53.3 Å². The van der Waals surface area contributed by atoms with Crippen LogP contribution in [0.25, 0.3) is 11.2 Å².